The summed E-state index contributed by atoms with van der Waals surface area (Å²) in [5.41, 5.74) is 3.77. The van der Waals surface area contributed by atoms with Gasteiger partial charge in [-0.1, -0.05) is 5.16 Å². The maximum absolute atomic E-state index is 5.53. The van der Waals surface area contributed by atoms with Crippen molar-refractivity contribution in [3.8, 4) is 28.6 Å². The number of benzene rings is 1. The van der Waals surface area contributed by atoms with Gasteiger partial charge >= 0.3 is 0 Å². The van der Waals surface area contributed by atoms with Gasteiger partial charge in [-0.2, -0.15) is 4.98 Å². The second kappa shape index (κ2) is 5.13. The third kappa shape index (κ3) is 2.04. The van der Waals surface area contributed by atoms with Crippen LogP contribution in [0.5, 0.6) is 5.75 Å². The fraction of sp³-hybridized carbons (Fsp3) is 0.111. The molecule has 116 valence electrons. The van der Waals surface area contributed by atoms with E-state index in [0.717, 1.165) is 40.8 Å². The van der Waals surface area contributed by atoms with Crippen LogP contribution in [0, 0.1) is 0 Å². The van der Waals surface area contributed by atoms with Crippen molar-refractivity contribution in [3.63, 3.8) is 0 Å². The molecule has 0 amide bonds. The number of fused-ring (bicyclic) bond motifs is 2. The van der Waals surface area contributed by atoms with E-state index in [1.165, 1.54) is 5.56 Å². The maximum Gasteiger partial charge on any atom is 0.259 e. The minimum absolute atomic E-state index is 0.460. The standard InChI is InChI=1S/C18H12N4O2/c1-2-16-11(5-8-23-16)9-12(1)17-21-18(24-22-17)13-3-7-20-15-4-6-19-10-14(13)15/h1-4,6-7,9-10H,5,8H2. The van der Waals surface area contributed by atoms with Crippen molar-refractivity contribution < 1.29 is 9.26 Å². The molecule has 0 bridgehead atoms. The van der Waals surface area contributed by atoms with Crippen molar-refractivity contribution in [2.24, 2.45) is 0 Å². The van der Waals surface area contributed by atoms with Crippen LogP contribution in [0.3, 0.4) is 0 Å². The Labute approximate surface area is 137 Å². The summed E-state index contributed by atoms with van der Waals surface area (Å²) in [6.45, 7) is 0.728. The van der Waals surface area contributed by atoms with Gasteiger partial charge in [0.1, 0.15) is 5.75 Å². The van der Waals surface area contributed by atoms with Crippen LogP contribution >= 0.6 is 0 Å². The average molecular weight is 316 g/mol. The number of hydrogen-bond acceptors (Lipinski definition) is 6. The Hall–Kier alpha value is -3.28. The molecule has 0 radical (unpaired) electrons. The lowest BCUT2D eigenvalue weighted by Gasteiger charge is -2.00. The second-order valence-corrected chi connectivity index (χ2v) is 5.60. The molecule has 4 heterocycles. The fourth-order valence-electron chi connectivity index (χ4n) is 2.95. The normalized spacial score (nSPS) is 13.0. The van der Waals surface area contributed by atoms with Crippen molar-refractivity contribution >= 4 is 10.9 Å². The number of pyridine rings is 2. The number of nitrogens with zero attached hydrogens (tertiary/aromatic N) is 4. The highest BCUT2D eigenvalue weighted by molar-refractivity contribution is 5.91. The van der Waals surface area contributed by atoms with Crippen molar-refractivity contribution in [2.75, 3.05) is 6.61 Å². The van der Waals surface area contributed by atoms with Crippen LogP contribution in [-0.2, 0) is 6.42 Å². The predicted molar refractivity (Wildman–Crippen MR) is 87.5 cm³/mol. The molecule has 0 fully saturated rings. The van der Waals surface area contributed by atoms with E-state index < -0.39 is 0 Å². The third-order valence-corrected chi connectivity index (χ3v) is 4.15. The molecule has 0 atom stereocenters. The quantitative estimate of drug-likeness (QED) is 0.565. The summed E-state index contributed by atoms with van der Waals surface area (Å²) in [6.07, 6.45) is 6.11. The highest BCUT2D eigenvalue weighted by Crippen LogP contribution is 2.31. The van der Waals surface area contributed by atoms with Gasteiger partial charge in [-0.15, -0.1) is 0 Å². The van der Waals surface area contributed by atoms with Crippen molar-refractivity contribution in [3.05, 3.63) is 54.5 Å². The fourth-order valence-corrected chi connectivity index (χ4v) is 2.95. The molecule has 1 aliphatic heterocycles. The Morgan fingerprint density at radius 2 is 2.04 bits per heavy atom. The van der Waals surface area contributed by atoms with Gasteiger partial charge < -0.3 is 9.26 Å². The highest BCUT2D eigenvalue weighted by atomic mass is 16.5. The van der Waals surface area contributed by atoms with Gasteiger partial charge in [-0.25, -0.2) is 0 Å². The van der Waals surface area contributed by atoms with Crippen LogP contribution in [0.25, 0.3) is 33.7 Å². The molecule has 5 rings (SSSR count). The topological polar surface area (TPSA) is 73.9 Å². The molecule has 0 spiro atoms. The smallest absolute Gasteiger partial charge is 0.259 e. The molecular weight excluding hydrogens is 304 g/mol. The largest absolute Gasteiger partial charge is 0.493 e. The molecule has 4 aromatic rings. The number of aromatic nitrogens is 4. The minimum Gasteiger partial charge on any atom is -0.493 e. The molecule has 0 saturated heterocycles. The van der Waals surface area contributed by atoms with E-state index in [0.29, 0.717) is 11.7 Å². The van der Waals surface area contributed by atoms with Crippen LogP contribution in [0.15, 0.2) is 53.4 Å². The van der Waals surface area contributed by atoms with E-state index in [4.69, 9.17) is 9.26 Å². The first-order valence-electron chi connectivity index (χ1n) is 7.67. The molecule has 0 saturated carbocycles. The Morgan fingerprint density at radius 3 is 3.04 bits per heavy atom. The van der Waals surface area contributed by atoms with E-state index in [2.05, 4.69) is 26.2 Å². The first kappa shape index (κ1) is 13.2. The Balaban J connectivity index is 1.60. The number of hydrogen-bond donors (Lipinski definition) is 0. The zero-order valence-electron chi connectivity index (χ0n) is 12.6. The summed E-state index contributed by atoms with van der Waals surface area (Å²) in [5.74, 6) is 1.96. The van der Waals surface area contributed by atoms with E-state index >= 15 is 0 Å². The van der Waals surface area contributed by atoms with E-state index in [-0.39, 0.29) is 0 Å². The molecule has 0 N–H and O–H groups in total. The molecular formula is C18H12N4O2. The molecule has 0 aliphatic carbocycles. The Kier molecular flexibility index (Phi) is 2.82. The Bertz CT molecular complexity index is 1050. The van der Waals surface area contributed by atoms with Crippen LogP contribution in [0.4, 0.5) is 0 Å². The van der Waals surface area contributed by atoms with Gasteiger partial charge in [0.2, 0.25) is 5.82 Å². The first-order valence-corrected chi connectivity index (χ1v) is 7.67. The summed E-state index contributed by atoms with van der Waals surface area (Å²) in [6, 6.07) is 9.68. The van der Waals surface area contributed by atoms with Crippen LogP contribution in [0.1, 0.15) is 5.56 Å². The SMILES string of the molecule is c1cc2nccc(-c3nc(-c4ccc5c(c4)CCO5)no3)c2cn1. The molecule has 0 unspecified atom stereocenters. The molecule has 3 aromatic heterocycles. The molecule has 1 aliphatic rings. The average Bonchev–Trinajstić information content (AvgIpc) is 3.30. The van der Waals surface area contributed by atoms with Crippen LogP contribution in [0.2, 0.25) is 0 Å². The van der Waals surface area contributed by atoms with Gasteiger partial charge in [0, 0.05) is 36.0 Å². The summed E-state index contributed by atoms with van der Waals surface area (Å²) in [4.78, 5) is 13.0. The highest BCUT2D eigenvalue weighted by Gasteiger charge is 2.17. The van der Waals surface area contributed by atoms with E-state index in [9.17, 15) is 0 Å². The summed E-state index contributed by atoms with van der Waals surface area (Å²) in [5, 5.41) is 5.01. The molecule has 24 heavy (non-hydrogen) atoms. The van der Waals surface area contributed by atoms with E-state index in [1.54, 1.807) is 18.6 Å². The lowest BCUT2D eigenvalue weighted by atomic mass is 10.1. The van der Waals surface area contributed by atoms with Gasteiger partial charge in [0.15, 0.2) is 0 Å². The van der Waals surface area contributed by atoms with E-state index in [1.807, 2.05) is 24.3 Å². The second-order valence-electron chi connectivity index (χ2n) is 5.60. The lowest BCUT2D eigenvalue weighted by molar-refractivity contribution is 0.357. The minimum atomic E-state index is 0.460. The predicted octanol–water partition coefficient (Wildman–Crippen LogP) is 3.28. The molecule has 6 nitrogen and oxygen atoms in total. The zero-order valence-corrected chi connectivity index (χ0v) is 12.6. The van der Waals surface area contributed by atoms with Crippen molar-refractivity contribution in [1.29, 1.82) is 0 Å². The third-order valence-electron chi connectivity index (χ3n) is 4.15. The number of rotatable bonds is 2. The van der Waals surface area contributed by atoms with Gasteiger partial charge in [-0.3, -0.25) is 9.97 Å². The molecule has 1 aromatic carbocycles. The summed E-state index contributed by atoms with van der Waals surface area (Å²) in [7, 11) is 0. The summed E-state index contributed by atoms with van der Waals surface area (Å²) >= 11 is 0. The van der Waals surface area contributed by atoms with Crippen LogP contribution < -0.4 is 4.74 Å². The first-order chi connectivity index (χ1) is 11.9. The van der Waals surface area contributed by atoms with Crippen molar-refractivity contribution in [1.82, 2.24) is 20.1 Å². The van der Waals surface area contributed by atoms with Gasteiger partial charge in [0.25, 0.3) is 5.89 Å². The lowest BCUT2D eigenvalue weighted by Crippen LogP contribution is -1.86. The van der Waals surface area contributed by atoms with Gasteiger partial charge in [-0.05, 0) is 35.9 Å². The van der Waals surface area contributed by atoms with Gasteiger partial charge in [0.05, 0.1) is 17.7 Å². The zero-order chi connectivity index (χ0) is 15.9. The van der Waals surface area contributed by atoms with Crippen molar-refractivity contribution in [2.45, 2.75) is 6.42 Å². The molecule has 6 heteroatoms. The monoisotopic (exact) mass is 316 g/mol. The Morgan fingerprint density at radius 1 is 1.04 bits per heavy atom. The number of ether oxygens (including phenoxy) is 1. The summed E-state index contributed by atoms with van der Waals surface area (Å²) < 4.78 is 11.0. The van der Waals surface area contributed by atoms with Crippen LogP contribution in [-0.4, -0.2) is 26.7 Å². The maximum atomic E-state index is 5.53.